The van der Waals surface area contributed by atoms with Gasteiger partial charge in [0.2, 0.25) is 0 Å². The van der Waals surface area contributed by atoms with E-state index < -0.39 is 14.4 Å². The summed E-state index contributed by atoms with van der Waals surface area (Å²) in [5.41, 5.74) is 8.27. The zero-order valence-electron chi connectivity index (χ0n) is 23.7. The van der Waals surface area contributed by atoms with Crippen molar-refractivity contribution in [1.82, 2.24) is 15.1 Å². The number of unbranched alkanes of at least 4 members (excludes halogenated alkanes) is 1. The lowest BCUT2D eigenvalue weighted by Gasteiger charge is -2.37. The standard InChI is InChI=1S/C27H36Cl2N4O5Si/c1-15-22(20-16(2)33-37-17(20)3)31-25(32-24(15)29)21-18(28)11-12-19(35-13-9-10-14-36-26(30)34)23(21)38-39(7,8)27(4,5)6/h11-12H,9-10,13-14H2,1-8H3,(H2,30,34). The molecule has 12 heteroatoms. The number of halogens is 2. The van der Waals surface area contributed by atoms with Crippen LogP contribution >= 0.6 is 23.2 Å². The van der Waals surface area contributed by atoms with Crippen LogP contribution in [0.25, 0.3) is 22.6 Å². The van der Waals surface area contributed by atoms with Gasteiger partial charge < -0.3 is 24.2 Å². The first-order chi connectivity index (χ1) is 18.1. The predicted octanol–water partition coefficient (Wildman–Crippen LogP) is 7.67. The number of carbonyl (C=O) groups excluding carboxylic acids is 1. The third-order valence-corrected chi connectivity index (χ3v) is 11.9. The van der Waals surface area contributed by atoms with Gasteiger partial charge in [-0.15, -0.1) is 0 Å². The van der Waals surface area contributed by atoms with Crippen molar-refractivity contribution >= 4 is 37.6 Å². The fourth-order valence-corrected chi connectivity index (χ4v) is 5.02. The predicted molar refractivity (Wildman–Crippen MR) is 155 cm³/mol. The van der Waals surface area contributed by atoms with Gasteiger partial charge in [-0.25, -0.2) is 14.8 Å². The zero-order chi connectivity index (χ0) is 29.1. The number of aromatic nitrogens is 3. The number of ether oxygens (including phenoxy) is 2. The van der Waals surface area contributed by atoms with Gasteiger partial charge in [-0.2, -0.15) is 0 Å². The molecule has 0 aliphatic rings. The first-order valence-corrected chi connectivity index (χ1v) is 16.3. The largest absolute Gasteiger partial charge is 0.540 e. The highest BCUT2D eigenvalue weighted by Crippen LogP contribution is 2.47. The first kappa shape index (κ1) is 30.7. The molecule has 9 nitrogen and oxygen atoms in total. The summed E-state index contributed by atoms with van der Waals surface area (Å²) in [5, 5.41) is 4.65. The lowest BCUT2D eigenvalue weighted by atomic mass is 10.1. The number of aryl methyl sites for hydroxylation is 2. The van der Waals surface area contributed by atoms with Gasteiger partial charge in [-0.3, -0.25) is 0 Å². The summed E-state index contributed by atoms with van der Waals surface area (Å²) in [6.07, 6.45) is 0.434. The van der Waals surface area contributed by atoms with Crippen LogP contribution in [0.3, 0.4) is 0 Å². The molecule has 39 heavy (non-hydrogen) atoms. The van der Waals surface area contributed by atoms with E-state index in [-0.39, 0.29) is 16.8 Å². The molecule has 0 saturated heterocycles. The van der Waals surface area contributed by atoms with E-state index in [0.29, 0.717) is 70.1 Å². The fourth-order valence-electron chi connectivity index (χ4n) is 3.60. The van der Waals surface area contributed by atoms with Crippen LogP contribution in [-0.2, 0) is 4.74 Å². The number of hydrogen-bond acceptors (Lipinski definition) is 8. The monoisotopic (exact) mass is 594 g/mol. The molecule has 1 aromatic carbocycles. The summed E-state index contributed by atoms with van der Waals surface area (Å²) in [5.74, 6) is 1.90. The Hall–Kier alpha value is -2.82. The maximum Gasteiger partial charge on any atom is 0.404 e. The van der Waals surface area contributed by atoms with E-state index in [4.69, 9.17) is 52.3 Å². The number of nitrogens with zero attached hydrogens (tertiary/aromatic N) is 3. The lowest BCUT2D eigenvalue weighted by Crippen LogP contribution is -2.44. The van der Waals surface area contributed by atoms with Crippen molar-refractivity contribution < 1.29 is 23.2 Å². The Labute approximate surface area is 240 Å². The van der Waals surface area contributed by atoms with E-state index in [1.807, 2.05) is 20.8 Å². The molecule has 0 aliphatic carbocycles. The number of primary amides is 1. The van der Waals surface area contributed by atoms with Gasteiger partial charge in [0.05, 0.1) is 40.8 Å². The topological polar surface area (TPSA) is 123 Å². The Morgan fingerprint density at radius 3 is 2.31 bits per heavy atom. The Kier molecular flexibility index (Phi) is 9.56. The molecule has 2 heterocycles. The SMILES string of the molecule is Cc1noc(C)c1-c1nc(-c2c(Cl)ccc(OCCCCOC(N)=O)c2O[Si](C)(C)C(C)(C)C)nc(Cl)c1C. The minimum Gasteiger partial charge on any atom is -0.540 e. The molecule has 0 fully saturated rings. The second kappa shape index (κ2) is 12.1. The van der Waals surface area contributed by atoms with Crippen molar-refractivity contribution in [3.63, 3.8) is 0 Å². The van der Waals surface area contributed by atoms with Crippen LogP contribution in [0.15, 0.2) is 16.7 Å². The molecule has 0 saturated carbocycles. The van der Waals surface area contributed by atoms with E-state index in [2.05, 4.69) is 44.0 Å². The number of rotatable bonds is 10. The summed E-state index contributed by atoms with van der Waals surface area (Å²) in [4.78, 5) is 20.3. The zero-order valence-corrected chi connectivity index (χ0v) is 26.2. The van der Waals surface area contributed by atoms with Crippen LogP contribution in [0.1, 0.15) is 50.6 Å². The number of hydrogen-bond donors (Lipinski definition) is 1. The molecule has 0 aliphatic heterocycles. The van der Waals surface area contributed by atoms with Crippen LogP contribution in [0.4, 0.5) is 4.79 Å². The fraction of sp³-hybridized carbons (Fsp3) is 0.481. The maximum atomic E-state index is 10.8. The van der Waals surface area contributed by atoms with E-state index in [9.17, 15) is 4.79 Å². The van der Waals surface area contributed by atoms with Crippen molar-refractivity contribution in [2.45, 2.75) is 72.5 Å². The normalized spacial score (nSPS) is 11.9. The molecule has 0 atom stereocenters. The first-order valence-electron chi connectivity index (χ1n) is 12.7. The second-order valence-corrected chi connectivity index (χ2v) is 16.3. The van der Waals surface area contributed by atoms with Gasteiger partial charge in [0.25, 0.3) is 8.32 Å². The van der Waals surface area contributed by atoms with Crippen LogP contribution in [0, 0.1) is 20.8 Å². The highest BCUT2D eigenvalue weighted by Gasteiger charge is 2.41. The average molecular weight is 596 g/mol. The molecule has 0 unspecified atom stereocenters. The molecule has 0 radical (unpaired) electrons. The molecular weight excluding hydrogens is 559 g/mol. The molecule has 2 N–H and O–H groups in total. The van der Waals surface area contributed by atoms with Gasteiger partial charge in [0.15, 0.2) is 17.3 Å². The molecule has 2 aromatic heterocycles. The maximum absolute atomic E-state index is 10.8. The van der Waals surface area contributed by atoms with Crippen LogP contribution in [0.2, 0.25) is 28.3 Å². The smallest absolute Gasteiger partial charge is 0.404 e. The van der Waals surface area contributed by atoms with Gasteiger partial charge in [-0.1, -0.05) is 49.1 Å². The Morgan fingerprint density at radius 2 is 1.72 bits per heavy atom. The van der Waals surface area contributed by atoms with Gasteiger partial charge in [0.1, 0.15) is 10.9 Å². The van der Waals surface area contributed by atoms with Gasteiger partial charge in [-0.05, 0) is 63.9 Å². The van der Waals surface area contributed by atoms with Gasteiger partial charge in [0, 0.05) is 5.56 Å². The van der Waals surface area contributed by atoms with Gasteiger partial charge >= 0.3 is 6.09 Å². The highest BCUT2D eigenvalue weighted by atomic mass is 35.5. The quantitative estimate of drug-likeness (QED) is 0.144. The minimum absolute atomic E-state index is 0.108. The molecule has 0 spiro atoms. The summed E-state index contributed by atoms with van der Waals surface area (Å²) in [6.45, 7) is 16.8. The third kappa shape index (κ3) is 7.04. The Bertz CT molecular complexity index is 1340. The van der Waals surface area contributed by atoms with Crippen LogP contribution in [-0.4, -0.2) is 42.7 Å². The Balaban J connectivity index is 2.13. The van der Waals surface area contributed by atoms with Crippen molar-refractivity contribution in [3.05, 3.63) is 39.3 Å². The highest BCUT2D eigenvalue weighted by molar-refractivity contribution is 6.74. The summed E-state index contributed by atoms with van der Waals surface area (Å²) in [6, 6.07) is 3.51. The number of amides is 1. The summed E-state index contributed by atoms with van der Waals surface area (Å²) < 4.78 is 23.2. The van der Waals surface area contributed by atoms with E-state index in [1.165, 1.54) is 0 Å². The minimum atomic E-state index is -2.37. The van der Waals surface area contributed by atoms with E-state index in [0.717, 1.165) is 5.56 Å². The molecule has 3 aromatic rings. The lowest BCUT2D eigenvalue weighted by molar-refractivity contribution is 0.152. The average Bonchev–Trinajstić information content (AvgIpc) is 3.16. The summed E-state index contributed by atoms with van der Waals surface area (Å²) in [7, 11) is -2.37. The molecule has 1 amide bonds. The summed E-state index contributed by atoms with van der Waals surface area (Å²) >= 11 is 13.5. The van der Waals surface area contributed by atoms with Crippen LogP contribution < -0.4 is 14.9 Å². The Morgan fingerprint density at radius 1 is 1.05 bits per heavy atom. The van der Waals surface area contributed by atoms with E-state index >= 15 is 0 Å². The van der Waals surface area contributed by atoms with Crippen LogP contribution in [0.5, 0.6) is 11.5 Å². The second-order valence-electron chi connectivity index (χ2n) is 10.8. The molecule has 0 bridgehead atoms. The van der Waals surface area contributed by atoms with Crippen molar-refractivity contribution in [3.8, 4) is 34.1 Å². The molecular formula is C27H36Cl2N4O5Si. The third-order valence-electron chi connectivity index (χ3n) is 6.85. The van der Waals surface area contributed by atoms with Crippen molar-refractivity contribution in [2.75, 3.05) is 13.2 Å². The van der Waals surface area contributed by atoms with Crippen molar-refractivity contribution in [1.29, 1.82) is 0 Å². The molecule has 3 rings (SSSR count). The number of nitrogens with two attached hydrogens (primary N) is 1. The van der Waals surface area contributed by atoms with Crippen molar-refractivity contribution in [2.24, 2.45) is 5.73 Å². The number of carbonyl (C=O) groups is 1. The number of benzene rings is 1. The molecule has 212 valence electrons. The van der Waals surface area contributed by atoms with E-state index in [1.54, 1.807) is 12.1 Å².